The van der Waals surface area contributed by atoms with Crippen molar-refractivity contribution in [3.8, 4) is 5.75 Å². The summed E-state index contributed by atoms with van der Waals surface area (Å²) in [5, 5.41) is 0. The highest BCUT2D eigenvalue weighted by Gasteiger charge is 2.46. The maximum atomic E-state index is 12.8. The van der Waals surface area contributed by atoms with Crippen LogP contribution in [0.25, 0.3) is 0 Å². The van der Waals surface area contributed by atoms with Crippen LogP contribution in [0, 0.1) is 5.92 Å². The van der Waals surface area contributed by atoms with Crippen molar-refractivity contribution < 1.29 is 9.53 Å². The number of methoxy groups -OCH3 is 1. The summed E-state index contributed by atoms with van der Waals surface area (Å²) in [6.45, 7) is 1.67. The zero-order valence-corrected chi connectivity index (χ0v) is 14.5. The minimum Gasteiger partial charge on any atom is -0.497 e. The van der Waals surface area contributed by atoms with Crippen LogP contribution in [0.2, 0.25) is 0 Å². The topological polar surface area (TPSA) is 55.3 Å². The maximum Gasteiger partial charge on any atom is 0.226 e. The molecule has 2 aliphatic rings. The van der Waals surface area contributed by atoms with E-state index in [1.807, 2.05) is 23.1 Å². The Bertz CT molecular complexity index is 724. The number of hydrogen-bond acceptors (Lipinski definition) is 4. The van der Waals surface area contributed by atoms with Crippen molar-refractivity contribution in [3.63, 3.8) is 0 Å². The van der Waals surface area contributed by atoms with Gasteiger partial charge in [-0.05, 0) is 48.9 Å². The molecule has 2 atom stereocenters. The van der Waals surface area contributed by atoms with E-state index in [1.54, 1.807) is 19.6 Å². The fourth-order valence-corrected chi connectivity index (χ4v) is 3.86. The Balaban J connectivity index is 1.32. The number of amides is 1. The van der Waals surface area contributed by atoms with Crippen LogP contribution in [0.4, 0.5) is 0 Å². The summed E-state index contributed by atoms with van der Waals surface area (Å²) >= 11 is 0. The number of piperidine rings is 1. The number of carbonyl (C=O) groups is 1. The van der Waals surface area contributed by atoms with Crippen molar-refractivity contribution in [1.29, 1.82) is 0 Å². The molecule has 1 amide bonds. The van der Waals surface area contributed by atoms with Crippen LogP contribution in [-0.2, 0) is 4.79 Å². The van der Waals surface area contributed by atoms with Crippen LogP contribution in [-0.4, -0.2) is 41.0 Å². The zero-order valence-electron chi connectivity index (χ0n) is 14.5. The van der Waals surface area contributed by atoms with Crippen molar-refractivity contribution in [3.05, 3.63) is 54.1 Å². The first kappa shape index (κ1) is 16.1. The quantitative estimate of drug-likeness (QED) is 0.861. The number of hydrogen-bond donors (Lipinski definition) is 0. The van der Waals surface area contributed by atoms with Gasteiger partial charge in [-0.2, -0.15) is 0 Å². The lowest BCUT2D eigenvalue weighted by molar-refractivity contribution is -0.133. The predicted octanol–water partition coefficient (Wildman–Crippen LogP) is 2.99. The summed E-state index contributed by atoms with van der Waals surface area (Å²) in [6.07, 6.45) is 6.35. The Morgan fingerprint density at radius 1 is 1.16 bits per heavy atom. The van der Waals surface area contributed by atoms with E-state index in [-0.39, 0.29) is 5.92 Å². The Morgan fingerprint density at radius 2 is 1.92 bits per heavy atom. The summed E-state index contributed by atoms with van der Waals surface area (Å²) < 4.78 is 5.20. The normalized spacial score (nSPS) is 23.3. The lowest BCUT2D eigenvalue weighted by Crippen LogP contribution is -2.39. The van der Waals surface area contributed by atoms with Crippen molar-refractivity contribution >= 4 is 5.91 Å². The van der Waals surface area contributed by atoms with E-state index in [9.17, 15) is 4.79 Å². The fourth-order valence-electron chi connectivity index (χ4n) is 3.86. The van der Waals surface area contributed by atoms with E-state index >= 15 is 0 Å². The molecule has 0 spiro atoms. The molecule has 0 radical (unpaired) electrons. The van der Waals surface area contributed by atoms with Gasteiger partial charge in [0.2, 0.25) is 5.91 Å². The minimum absolute atomic E-state index is 0.156. The Morgan fingerprint density at radius 3 is 2.56 bits per heavy atom. The van der Waals surface area contributed by atoms with Crippen LogP contribution in [0.3, 0.4) is 0 Å². The minimum atomic E-state index is 0.156. The van der Waals surface area contributed by atoms with Crippen LogP contribution < -0.4 is 4.74 Å². The first-order valence-corrected chi connectivity index (χ1v) is 8.95. The second-order valence-electron chi connectivity index (χ2n) is 6.96. The van der Waals surface area contributed by atoms with Crippen LogP contribution >= 0.6 is 0 Å². The fraction of sp³-hybridized carbons (Fsp3) is 0.450. The number of nitrogens with zero attached hydrogens (tertiary/aromatic N) is 3. The number of ether oxygens (including phenoxy) is 1. The van der Waals surface area contributed by atoms with Gasteiger partial charge in [0, 0.05) is 36.8 Å². The highest BCUT2D eigenvalue weighted by Crippen LogP contribution is 2.49. The van der Waals surface area contributed by atoms with Crippen molar-refractivity contribution in [2.45, 2.75) is 31.1 Å². The van der Waals surface area contributed by atoms with Crippen LogP contribution in [0.1, 0.15) is 42.4 Å². The third-order valence-corrected chi connectivity index (χ3v) is 5.48. The third kappa shape index (κ3) is 3.36. The first-order valence-electron chi connectivity index (χ1n) is 8.95. The summed E-state index contributed by atoms with van der Waals surface area (Å²) in [6, 6.07) is 10.1. The average molecular weight is 337 g/mol. The summed E-state index contributed by atoms with van der Waals surface area (Å²) in [5.41, 5.74) is 2.35. The smallest absolute Gasteiger partial charge is 0.226 e. The van der Waals surface area contributed by atoms with Crippen LogP contribution in [0.15, 0.2) is 42.9 Å². The van der Waals surface area contributed by atoms with E-state index in [2.05, 4.69) is 22.1 Å². The molecule has 5 heteroatoms. The monoisotopic (exact) mass is 337 g/mol. The standard InChI is InChI=1S/C20H23N3O2/c1-25-16-4-2-14(3-5-16)17-12-18(17)20(24)23-10-7-15(8-11-23)19-6-9-21-13-22-19/h2-6,9,13,15,17-18H,7-8,10-12H2,1H3/t17-,18+/m0/s1. The second-order valence-corrected chi connectivity index (χ2v) is 6.96. The molecule has 1 aliphatic heterocycles. The highest BCUT2D eigenvalue weighted by molar-refractivity contribution is 5.83. The molecule has 1 aliphatic carbocycles. The van der Waals surface area contributed by atoms with Crippen LogP contribution in [0.5, 0.6) is 5.75 Å². The van der Waals surface area contributed by atoms with E-state index in [1.165, 1.54) is 5.56 Å². The third-order valence-electron chi connectivity index (χ3n) is 5.48. The highest BCUT2D eigenvalue weighted by atomic mass is 16.5. The van der Waals surface area contributed by atoms with Gasteiger partial charge in [-0.1, -0.05) is 12.1 Å². The Labute approximate surface area is 148 Å². The van der Waals surface area contributed by atoms with Gasteiger partial charge in [-0.3, -0.25) is 4.79 Å². The molecule has 1 saturated carbocycles. The second kappa shape index (κ2) is 6.82. The molecule has 2 fully saturated rings. The van der Waals surface area contributed by atoms with Gasteiger partial charge in [0.05, 0.1) is 7.11 Å². The Kier molecular flexibility index (Phi) is 4.38. The van der Waals surface area contributed by atoms with Crippen molar-refractivity contribution in [2.24, 2.45) is 5.92 Å². The number of benzene rings is 1. The maximum absolute atomic E-state index is 12.8. The number of aromatic nitrogens is 2. The first-order chi connectivity index (χ1) is 12.3. The van der Waals surface area contributed by atoms with Gasteiger partial charge >= 0.3 is 0 Å². The van der Waals surface area contributed by atoms with E-state index in [0.29, 0.717) is 17.7 Å². The van der Waals surface area contributed by atoms with Gasteiger partial charge < -0.3 is 9.64 Å². The number of likely N-dealkylation sites (tertiary alicyclic amines) is 1. The van der Waals surface area contributed by atoms with Crippen molar-refractivity contribution in [2.75, 3.05) is 20.2 Å². The predicted molar refractivity (Wildman–Crippen MR) is 94.4 cm³/mol. The number of rotatable bonds is 4. The molecule has 1 saturated heterocycles. The molecule has 25 heavy (non-hydrogen) atoms. The molecule has 5 nitrogen and oxygen atoms in total. The van der Waals surface area contributed by atoms with E-state index in [0.717, 1.165) is 43.8 Å². The lowest BCUT2D eigenvalue weighted by atomic mass is 9.93. The van der Waals surface area contributed by atoms with Gasteiger partial charge in [-0.15, -0.1) is 0 Å². The number of carbonyl (C=O) groups excluding carboxylic acids is 1. The molecule has 1 aromatic carbocycles. The average Bonchev–Trinajstić information content (AvgIpc) is 3.49. The zero-order chi connectivity index (χ0) is 17.2. The SMILES string of the molecule is COc1ccc([C@@H]2C[C@H]2C(=O)N2CCC(c3ccncn3)CC2)cc1. The van der Waals surface area contributed by atoms with Gasteiger partial charge in [0.15, 0.2) is 0 Å². The molecule has 4 rings (SSSR count). The molecular weight excluding hydrogens is 314 g/mol. The van der Waals surface area contributed by atoms with Gasteiger partial charge in [0.1, 0.15) is 12.1 Å². The van der Waals surface area contributed by atoms with E-state index in [4.69, 9.17) is 4.74 Å². The lowest BCUT2D eigenvalue weighted by Gasteiger charge is -2.32. The summed E-state index contributed by atoms with van der Waals surface area (Å²) in [5.74, 6) is 2.16. The summed E-state index contributed by atoms with van der Waals surface area (Å²) in [4.78, 5) is 23.2. The molecule has 0 bridgehead atoms. The molecule has 0 N–H and O–H groups in total. The van der Waals surface area contributed by atoms with Gasteiger partial charge in [-0.25, -0.2) is 9.97 Å². The molecule has 1 aromatic heterocycles. The summed E-state index contributed by atoms with van der Waals surface area (Å²) in [7, 11) is 1.67. The molecule has 130 valence electrons. The molecule has 2 heterocycles. The van der Waals surface area contributed by atoms with Crippen molar-refractivity contribution in [1.82, 2.24) is 14.9 Å². The molecule has 2 aromatic rings. The molecular formula is C20H23N3O2. The largest absolute Gasteiger partial charge is 0.497 e. The van der Waals surface area contributed by atoms with E-state index < -0.39 is 0 Å². The van der Waals surface area contributed by atoms with Gasteiger partial charge in [0.25, 0.3) is 0 Å². The Hall–Kier alpha value is -2.43. The molecule has 0 unspecified atom stereocenters.